The van der Waals surface area contributed by atoms with Gasteiger partial charge in [0.05, 0.1) is 12.9 Å². The van der Waals surface area contributed by atoms with Gasteiger partial charge in [-0.15, -0.1) is 11.8 Å². The zero-order chi connectivity index (χ0) is 18.6. The predicted octanol–water partition coefficient (Wildman–Crippen LogP) is 2.69. The van der Waals surface area contributed by atoms with Crippen molar-refractivity contribution < 1.29 is 17.9 Å². The van der Waals surface area contributed by atoms with Crippen molar-refractivity contribution in [2.75, 3.05) is 18.2 Å². The molecule has 0 radical (unpaired) electrons. The number of thioether (sulfide) groups is 1. The lowest BCUT2D eigenvalue weighted by Gasteiger charge is -2.11. The summed E-state index contributed by atoms with van der Waals surface area (Å²) in [5.41, 5.74) is 2.62. The third-order valence-corrected chi connectivity index (χ3v) is 5.55. The fourth-order valence-electron chi connectivity index (χ4n) is 2.28. The van der Waals surface area contributed by atoms with Crippen LogP contribution in [0.1, 0.15) is 11.1 Å². The highest BCUT2D eigenvalue weighted by Crippen LogP contribution is 2.27. The molecule has 8 heteroatoms. The van der Waals surface area contributed by atoms with Crippen LogP contribution in [0.3, 0.4) is 0 Å². The number of nitrogens with one attached hydrogen (secondary N) is 1. The molecule has 0 atom stereocenters. The largest absolute Gasteiger partial charge is 0.495 e. The van der Waals surface area contributed by atoms with E-state index in [4.69, 9.17) is 9.88 Å². The zero-order valence-corrected chi connectivity index (χ0v) is 15.8. The summed E-state index contributed by atoms with van der Waals surface area (Å²) in [4.78, 5) is 13.0. The number of benzene rings is 2. The highest BCUT2D eigenvalue weighted by molar-refractivity contribution is 8.00. The van der Waals surface area contributed by atoms with Gasteiger partial charge in [-0.2, -0.15) is 0 Å². The van der Waals surface area contributed by atoms with Crippen LogP contribution in [-0.2, 0) is 14.8 Å². The van der Waals surface area contributed by atoms with Crippen molar-refractivity contribution >= 4 is 33.4 Å². The first-order chi connectivity index (χ1) is 11.7. The molecule has 6 nitrogen and oxygen atoms in total. The van der Waals surface area contributed by atoms with Crippen LogP contribution in [0.4, 0.5) is 5.69 Å². The van der Waals surface area contributed by atoms with Crippen molar-refractivity contribution in [1.82, 2.24) is 0 Å². The average molecular weight is 380 g/mol. The van der Waals surface area contributed by atoms with E-state index in [1.807, 2.05) is 26.0 Å². The molecule has 0 aliphatic heterocycles. The summed E-state index contributed by atoms with van der Waals surface area (Å²) in [7, 11) is -2.60. The van der Waals surface area contributed by atoms with Crippen LogP contribution in [-0.4, -0.2) is 27.2 Å². The molecule has 134 valence electrons. The maximum absolute atomic E-state index is 12.1. The second-order valence-electron chi connectivity index (χ2n) is 5.52. The average Bonchev–Trinajstić information content (AvgIpc) is 2.53. The Morgan fingerprint density at radius 1 is 1.20 bits per heavy atom. The number of amides is 1. The normalized spacial score (nSPS) is 11.2. The number of rotatable bonds is 6. The Balaban J connectivity index is 2.08. The third kappa shape index (κ3) is 5.22. The molecular formula is C17H20N2O4S2. The van der Waals surface area contributed by atoms with Gasteiger partial charge in [0.2, 0.25) is 15.9 Å². The summed E-state index contributed by atoms with van der Waals surface area (Å²) in [6, 6.07) is 10.3. The number of carbonyl (C=O) groups is 1. The van der Waals surface area contributed by atoms with Gasteiger partial charge in [0.15, 0.2) is 0 Å². The number of anilines is 1. The molecular weight excluding hydrogens is 360 g/mol. The number of methoxy groups -OCH3 is 1. The van der Waals surface area contributed by atoms with E-state index in [0.717, 1.165) is 10.5 Å². The molecule has 0 saturated heterocycles. The zero-order valence-electron chi connectivity index (χ0n) is 14.2. The second kappa shape index (κ2) is 7.90. The Morgan fingerprint density at radius 2 is 1.92 bits per heavy atom. The van der Waals surface area contributed by atoms with Crippen LogP contribution >= 0.6 is 11.8 Å². The SMILES string of the molecule is COc1ccc(NC(=O)CSc2ccc(C)cc2C)cc1S(N)(=O)=O. The molecule has 0 aromatic heterocycles. The van der Waals surface area contributed by atoms with Crippen molar-refractivity contribution in [2.24, 2.45) is 5.14 Å². The number of ether oxygens (including phenoxy) is 1. The van der Waals surface area contributed by atoms with Gasteiger partial charge in [-0.05, 0) is 43.7 Å². The first-order valence-electron chi connectivity index (χ1n) is 7.41. The van der Waals surface area contributed by atoms with E-state index in [2.05, 4.69) is 11.4 Å². The van der Waals surface area contributed by atoms with Gasteiger partial charge >= 0.3 is 0 Å². The molecule has 0 aliphatic rings. The van der Waals surface area contributed by atoms with E-state index in [0.29, 0.717) is 5.69 Å². The van der Waals surface area contributed by atoms with E-state index in [1.165, 1.54) is 36.6 Å². The Morgan fingerprint density at radius 3 is 2.52 bits per heavy atom. The highest BCUT2D eigenvalue weighted by Gasteiger charge is 2.16. The summed E-state index contributed by atoms with van der Waals surface area (Å²) < 4.78 is 28.2. The minimum atomic E-state index is -3.95. The standard InChI is InChI=1S/C17H20N2O4S2/c1-11-4-7-15(12(2)8-11)24-10-17(20)19-13-5-6-14(23-3)16(9-13)25(18,21)22/h4-9H,10H2,1-3H3,(H,19,20)(H2,18,21,22). The fraction of sp³-hybridized carbons (Fsp3) is 0.235. The molecule has 0 aliphatic carbocycles. The van der Waals surface area contributed by atoms with Gasteiger partial charge in [0.25, 0.3) is 0 Å². The van der Waals surface area contributed by atoms with Crippen molar-refractivity contribution in [3.8, 4) is 5.75 Å². The van der Waals surface area contributed by atoms with Crippen LogP contribution < -0.4 is 15.2 Å². The number of sulfonamides is 1. The molecule has 2 aromatic carbocycles. The van der Waals surface area contributed by atoms with Crippen LogP contribution in [0.15, 0.2) is 46.2 Å². The molecule has 2 rings (SSSR count). The summed E-state index contributed by atoms with van der Waals surface area (Å²) in [6.07, 6.45) is 0. The van der Waals surface area contributed by atoms with E-state index >= 15 is 0 Å². The number of nitrogens with two attached hydrogens (primary N) is 1. The Bertz CT molecular complexity index is 896. The van der Waals surface area contributed by atoms with Crippen LogP contribution in [0.5, 0.6) is 5.75 Å². The van der Waals surface area contributed by atoms with Crippen LogP contribution in [0, 0.1) is 13.8 Å². The summed E-state index contributed by atoms with van der Waals surface area (Å²) in [6.45, 7) is 4.01. The molecule has 0 spiro atoms. The number of aryl methyl sites for hydroxylation is 2. The van der Waals surface area contributed by atoms with Crippen LogP contribution in [0.25, 0.3) is 0 Å². The molecule has 2 aromatic rings. The molecule has 3 N–H and O–H groups in total. The van der Waals surface area contributed by atoms with Crippen LogP contribution in [0.2, 0.25) is 0 Å². The monoisotopic (exact) mass is 380 g/mol. The van der Waals surface area contributed by atoms with Gasteiger partial charge in [0, 0.05) is 10.6 Å². The summed E-state index contributed by atoms with van der Waals surface area (Å²) >= 11 is 1.42. The van der Waals surface area contributed by atoms with Crippen molar-refractivity contribution in [3.05, 3.63) is 47.5 Å². The molecule has 1 amide bonds. The third-order valence-electron chi connectivity index (χ3n) is 3.44. The fourth-order valence-corrected chi connectivity index (χ4v) is 3.81. The second-order valence-corrected chi connectivity index (χ2v) is 8.06. The molecule has 0 bridgehead atoms. The van der Waals surface area contributed by atoms with Gasteiger partial charge in [-0.1, -0.05) is 17.7 Å². The van der Waals surface area contributed by atoms with Gasteiger partial charge in [0.1, 0.15) is 10.6 Å². The molecule has 0 unspecified atom stereocenters. The summed E-state index contributed by atoms with van der Waals surface area (Å²) in [5.74, 6) is 0.0985. The number of hydrogen-bond acceptors (Lipinski definition) is 5. The van der Waals surface area contributed by atoms with E-state index < -0.39 is 10.0 Å². The number of carbonyl (C=O) groups excluding carboxylic acids is 1. The Kier molecular flexibility index (Phi) is 6.10. The van der Waals surface area contributed by atoms with Gasteiger partial charge in [-0.25, -0.2) is 13.6 Å². The van der Waals surface area contributed by atoms with Crippen molar-refractivity contribution in [1.29, 1.82) is 0 Å². The number of primary sulfonamides is 1. The Hall–Kier alpha value is -2.03. The van der Waals surface area contributed by atoms with E-state index in [-0.39, 0.29) is 22.3 Å². The number of hydrogen-bond donors (Lipinski definition) is 2. The first kappa shape index (κ1) is 19.3. The molecule has 0 fully saturated rings. The van der Waals surface area contributed by atoms with Crippen molar-refractivity contribution in [3.63, 3.8) is 0 Å². The maximum atomic E-state index is 12.1. The lowest BCUT2D eigenvalue weighted by atomic mass is 10.2. The lowest BCUT2D eigenvalue weighted by Crippen LogP contribution is -2.17. The minimum Gasteiger partial charge on any atom is -0.495 e. The van der Waals surface area contributed by atoms with Gasteiger partial charge < -0.3 is 10.1 Å². The predicted molar refractivity (Wildman–Crippen MR) is 99.6 cm³/mol. The van der Waals surface area contributed by atoms with E-state index in [1.54, 1.807) is 6.07 Å². The smallest absolute Gasteiger partial charge is 0.241 e. The summed E-state index contributed by atoms with van der Waals surface area (Å²) in [5, 5.41) is 7.84. The quantitative estimate of drug-likeness (QED) is 0.751. The first-order valence-corrected chi connectivity index (χ1v) is 9.94. The lowest BCUT2D eigenvalue weighted by molar-refractivity contribution is -0.113. The maximum Gasteiger partial charge on any atom is 0.241 e. The topological polar surface area (TPSA) is 98.5 Å². The van der Waals surface area contributed by atoms with Crippen molar-refractivity contribution in [2.45, 2.75) is 23.6 Å². The molecule has 25 heavy (non-hydrogen) atoms. The molecule has 0 heterocycles. The minimum absolute atomic E-state index is 0.130. The van der Waals surface area contributed by atoms with Gasteiger partial charge in [-0.3, -0.25) is 4.79 Å². The highest BCUT2D eigenvalue weighted by atomic mass is 32.2. The molecule has 0 saturated carbocycles. The Labute approximate surface area is 151 Å². The van der Waals surface area contributed by atoms with E-state index in [9.17, 15) is 13.2 Å².